The zero-order valence-electron chi connectivity index (χ0n) is 5.63. The van der Waals surface area contributed by atoms with E-state index in [-0.39, 0.29) is 12.4 Å². The predicted molar refractivity (Wildman–Crippen MR) is 34.6 cm³/mol. The number of furan rings is 1. The Hall–Kier alpha value is -1.09. The predicted octanol–water partition coefficient (Wildman–Crippen LogP) is 0.975. The Morgan fingerprint density at radius 3 is 2.90 bits per heavy atom. The van der Waals surface area contributed by atoms with Gasteiger partial charge in [-0.25, -0.2) is 0 Å². The van der Waals surface area contributed by atoms with Crippen LogP contribution >= 0.6 is 0 Å². The Morgan fingerprint density at radius 1 is 1.80 bits per heavy atom. The second-order valence-electron chi connectivity index (χ2n) is 1.97. The smallest absolute Gasteiger partial charge is 0.163 e. The number of carbonyl (C=O) groups is 1. The summed E-state index contributed by atoms with van der Waals surface area (Å²) in [6.07, 6.45) is 1.39. The van der Waals surface area contributed by atoms with Crippen molar-refractivity contribution in [1.29, 1.82) is 0 Å². The van der Waals surface area contributed by atoms with Crippen LogP contribution < -0.4 is 0 Å². The van der Waals surface area contributed by atoms with Gasteiger partial charge in [-0.2, -0.15) is 0 Å². The topological polar surface area (TPSA) is 50.4 Å². The maximum atomic E-state index is 10.7. The zero-order chi connectivity index (χ0) is 7.56. The molecule has 10 heavy (non-hydrogen) atoms. The van der Waals surface area contributed by atoms with E-state index in [1.54, 1.807) is 6.07 Å². The lowest BCUT2D eigenvalue weighted by Gasteiger charge is -1.90. The van der Waals surface area contributed by atoms with Gasteiger partial charge in [-0.1, -0.05) is 0 Å². The molecule has 0 aliphatic carbocycles. The van der Waals surface area contributed by atoms with Gasteiger partial charge in [0.2, 0.25) is 0 Å². The summed E-state index contributed by atoms with van der Waals surface area (Å²) in [5, 5.41) is 8.61. The number of hydrogen-bond acceptors (Lipinski definition) is 3. The van der Waals surface area contributed by atoms with Crippen molar-refractivity contribution in [3.8, 4) is 0 Å². The summed E-state index contributed by atoms with van der Waals surface area (Å²) >= 11 is 0. The Morgan fingerprint density at radius 2 is 2.50 bits per heavy atom. The fourth-order valence-electron chi connectivity index (χ4n) is 0.777. The first-order valence-electron chi connectivity index (χ1n) is 2.94. The highest BCUT2D eigenvalue weighted by Gasteiger charge is 2.07. The monoisotopic (exact) mass is 140 g/mol. The van der Waals surface area contributed by atoms with Gasteiger partial charge in [0.15, 0.2) is 5.78 Å². The molecule has 1 aromatic rings. The van der Waals surface area contributed by atoms with Gasteiger partial charge in [0, 0.05) is 0 Å². The van der Waals surface area contributed by atoms with Gasteiger partial charge in [-0.15, -0.1) is 0 Å². The van der Waals surface area contributed by atoms with Crippen LogP contribution in [0.4, 0.5) is 0 Å². The van der Waals surface area contributed by atoms with E-state index < -0.39 is 0 Å². The van der Waals surface area contributed by atoms with Crippen LogP contribution in [0.1, 0.15) is 23.0 Å². The summed E-state index contributed by atoms with van der Waals surface area (Å²) in [7, 11) is 0. The number of hydrogen-bond donors (Lipinski definition) is 1. The molecule has 0 fully saturated rings. The number of rotatable bonds is 2. The first-order chi connectivity index (χ1) is 4.75. The third-order valence-corrected chi connectivity index (χ3v) is 1.27. The molecule has 54 valence electrons. The van der Waals surface area contributed by atoms with Crippen molar-refractivity contribution in [1.82, 2.24) is 0 Å². The lowest BCUT2D eigenvalue weighted by Crippen LogP contribution is -1.94. The first-order valence-corrected chi connectivity index (χ1v) is 2.94. The van der Waals surface area contributed by atoms with Crippen LogP contribution in [-0.4, -0.2) is 10.9 Å². The minimum absolute atomic E-state index is 0.0854. The van der Waals surface area contributed by atoms with Gasteiger partial charge in [0.05, 0.1) is 11.8 Å². The Labute approximate surface area is 58.3 Å². The van der Waals surface area contributed by atoms with Gasteiger partial charge >= 0.3 is 0 Å². The number of Topliss-reactive ketones (excluding diaryl/α,β-unsaturated/α-hetero) is 1. The van der Waals surface area contributed by atoms with E-state index in [0.717, 1.165) is 0 Å². The SMILES string of the molecule is CC(=O)c1ccoc1CO. The molecule has 0 aromatic carbocycles. The van der Waals surface area contributed by atoms with E-state index in [1.165, 1.54) is 13.2 Å². The molecule has 0 atom stereocenters. The highest BCUT2D eigenvalue weighted by atomic mass is 16.4. The Bertz CT molecular complexity index is 237. The summed E-state index contributed by atoms with van der Waals surface area (Å²) in [6, 6.07) is 1.55. The van der Waals surface area contributed by atoms with Crippen molar-refractivity contribution in [3.05, 3.63) is 23.7 Å². The molecule has 0 saturated carbocycles. The van der Waals surface area contributed by atoms with E-state index >= 15 is 0 Å². The van der Waals surface area contributed by atoms with Gasteiger partial charge in [-0.05, 0) is 13.0 Å². The average molecular weight is 140 g/mol. The molecular weight excluding hydrogens is 132 g/mol. The molecule has 0 aliphatic heterocycles. The molecule has 0 aliphatic rings. The fraction of sp³-hybridized carbons (Fsp3) is 0.286. The van der Waals surface area contributed by atoms with E-state index in [1.807, 2.05) is 0 Å². The average Bonchev–Trinajstić information content (AvgIpc) is 2.33. The van der Waals surface area contributed by atoms with Crippen molar-refractivity contribution in [3.63, 3.8) is 0 Å². The standard InChI is InChI=1S/C7H8O3/c1-5(9)6-2-3-10-7(6)4-8/h2-3,8H,4H2,1H3. The van der Waals surface area contributed by atoms with E-state index in [4.69, 9.17) is 9.52 Å². The molecule has 0 unspecified atom stereocenters. The minimum atomic E-state index is -0.220. The molecule has 1 heterocycles. The summed E-state index contributed by atoms with van der Waals surface area (Å²) in [4.78, 5) is 10.7. The van der Waals surface area contributed by atoms with E-state index in [9.17, 15) is 4.79 Å². The molecule has 0 radical (unpaired) electrons. The van der Waals surface area contributed by atoms with Gasteiger partial charge in [-0.3, -0.25) is 4.79 Å². The van der Waals surface area contributed by atoms with Crippen molar-refractivity contribution in [2.75, 3.05) is 0 Å². The zero-order valence-corrected chi connectivity index (χ0v) is 5.63. The maximum Gasteiger partial charge on any atom is 0.163 e. The quantitative estimate of drug-likeness (QED) is 0.623. The van der Waals surface area contributed by atoms with Gasteiger partial charge in [0.1, 0.15) is 12.4 Å². The highest BCUT2D eigenvalue weighted by molar-refractivity contribution is 5.94. The van der Waals surface area contributed by atoms with Crippen molar-refractivity contribution >= 4 is 5.78 Å². The molecule has 0 amide bonds. The van der Waals surface area contributed by atoms with Crippen molar-refractivity contribution in [2.45, 2.75) is 13.5 Å². The lowest BCUT2D eigenvalue weighted by molar-refractivity contribution is 0.101. The number of aliphatic hydroxyl groups is 1. The van der Waals surface area contributed by atoms with Crippen LogP contribution in [0.15, 0.2) is 16.7 Å². The summed E-state index contributed by atoms with van der Waals surface area (Å²) in [5.74, 6) is 0.255. The summed E-state index contributed by atoms with van der Waals surface area (Å²) in [6.45, 7) is 1.21. The molecule has 0 saturated heterocycles. The normalized spacial score (nSPS) is 9.80. The van der Waals surface area contributed by atoms with Gasteiger partial charge < -0.3 is 9.52 Å². The van der Waals surface area contributed by atoms with Crippen LogP contribution in [0.25, 0.3) is 0 Å². The summed E-state index contributed by atoms with van der Waals surface area (Å²) < 4.78 is 4.80. The summed E-state index contributed by atoms with van der Waals surface area (Å²) in [5.41, 5.74) is 0.461. The van der Waals surface area contributed by atoms with Crippen molar-refractivity contribution < 1.29 is 14.3 Å². The third-order valence-electron chi connectivity index (χ3n) is 1.27. The molecule has 3 heteroatoms. The highest BCUT2D eigenvalue weighted by Crippen LogP contribution is 2.10. The van der Waals surface area contributed by atoms with Crippen LogP contribution in [-0.2, 0) is 6.61 Å². The third kappa shape index (κ3) is 1.09. The molecule has 1 N–H and O–H groups in total. The molecule has 0 spiro atoms. The molecule has 1 rings (SSSR count). The number of carbonyl (C=O) groups excluding carboxylic acids is 1. The van der Waals surface area contributed by atoms with Gasteiger partial charge in [0.25, 0.3) is 0 Å². The van der Waals surface area contributed by atoms with E-state index in [0.29, 0.717) is 11.3 Å². The van der Waals surface area contributed by atoms with Crippen molar-refractivity contribution in [2.24, 2.45) is 0 Å². The van der Waals surface area contributed by atoms with Crippen LogP contribution in [0.2, 0.25) is 0 Å². The molecular formula is C7H8O3. The number of ketones is 1. The second kappa shape index (κ2) is 2.66. The molecule has 0 bridgehead atoms. The number of aliphatic hydroxyl groups excluding tert-OH is 1. The fourth-order valence-corrected chi connectivity index (χ4v) is 0.777. The lowest BCUT2D eigenvalue weighted by atomic mass is 10.2. The minimum Gasteiger partial charge on any atom is -0.466 e. The second-order valence-corrected chi connectivity index (χ2v) is 1.97. The maximum absolute atomic E-state index is 10.7. The Kier molecular flexibility index (Phi) is 1.87. The Balaban J connectivity index is 3.01. The first kappa shape index (κ1) is 7.02. The van der Waals surface area contributed by atoms with Crippen LogP contribution in [0.5, 0.6) is 0 Å². The molecule has 1 aromatic heterocycles. The van der Waals surface area contributed by atoms with Crippen LogP contribution in [0.3, 0.4) is 0 Å². The largest absolute Gasteiger partial charge is 0.466 e. The van der Waals surface area contributed by atoms with Crippen LogP contribution in [0, 0.1) is 0 Å². The molecule has 3 nitrogen and oxygen atoms in total. The van der Waals surface area contributed by atoms with E-state index in [2.05, 4.69) is 0 Å².